The lowest BCUT2D eigenvalue weighted by Crippen LogP contribution is -2.53. The molecule has 0 spiro atoms. The van der Waals surface area contributed by atoms with Crippen molar-refractivity contribution in [2.24, 2.45) is 52.3 Å². The van der Waals surface area contributed by atoms with Crippen LogP contribution in [0.15, 0.2) is 0 Å². The first-order valence-corrected chi connectivity index (χ1v) is 12.8. The number of hydrogen-bond donors (Lipinski definition) is 0. The van der Waals surface area contributed by atoms with Crippen LogP contribution in [0.3, 0.4) is 0 Å². The van der Waals surface area contributed by atoms with E-state index in [-0.39, 0.29) is 5.92 Å². The highest BCUT2D eigenvalue weighted by molar-refractivity contribution is 5.80. The topological polar surface area (TPSA) is 17.1 Å². The third-order valence-corrected chi connectivity index (χ3v) is 10.8. The van der Waals surface area contributed by atoms with Crippen LogP contribution in [0.25, 0.3) is 0 Å². The van der Waals surface area contributed by atoms with E-state index in [0.717, 1.165) is 48.3 Å². The molecule has 0 aromatic heterocycles. The first kappa shape index (κ1) is 20.9. The highest BCUT2D eigenvalue weighted by Crippen LogP contribution is 2.68. The third-order valence-electron chi connectivity index (χ3n) is 10.8. The van der Waals surface area contributed by atoms with E-state index in [1.165, 1.54) is 64.2 Å². The Morgan fingerprint density at radius 3 is 2.36 bits per heavy atom. The molecule has 8 atom stereocenters. The van der Waals surface area contributed by atoms with Gasteiger partial charge >= 0.3 is 0 Å². The maximum Gasteiger partial charge on any atom is 0.135 e. The van der Waals surface area contributed by atoms with Crippen molar-refractivity contribution in [3.8, 4) is 0 Å². The number of ketones is 1. The van der Waals surface area contributed by atoms with Crippen LogP contribution in [0.1, 0.15) is 112 Å². The summed E-state index contributed by atoms with van der Waals surface area (Å²) in [4.78, 5) is 12.2. The van der Waals surface area contributed by atoms with E-state index in [2.05, 4.69) is 34.6 Å². The molecule has 28 heavy (non-hydrogen) atoms. The molecule has 0 heterocycles. The van der Waals surface area contributed by atoms with Crippen LogP contribution in [0.4, 0.5) is 0 Å². The Balaban J connectivity index is 1.47. The van der Waals surface area contributed by atoms with Gasteiger partial charge in [-0.3, -0.25) is 4.79 Å². The van der Waals surface area contributed by atoms with Crippen molar-refractivity contribution in [1.29, 1.82) is 0 Å². The van der Waals surface area contributed by atoms with Crippen LogP contribution >= 0.6 is 0 Å². The summed E-state index contributed by atoms with van der Waals surface area (Å²) >= 11 is 0. The summed E-state index contributed by atoms with van der Waals surface area (Å²) in [5.41, 5.74) is 1.22. The Kier molecular flexibility index (Phi) is 5.78. The summed E-state index contributed by atoms with van der Waals surface area (Å²) in [7, 11) is 0. The van der Waals surface area contributed by atoms with Gasteiger partial charge < -0.3 is 0 Å². The molecular weight excluding hydrogens is 340 g/mol. The van der Waals surface area contributed by atoms with E-state index in [1.807, 2.05) is 0 Å². The summed E-state index contributed by atoms with van der Waals surface area (Å²) < 4.78 is 0. The Morgan fingerprint density at radius 2 is 1.61 bits per heavy atom. The lowest BCUT2D eigenvalue weighted by atomic mass is 9.44. The van der Waals surface area contributed by atoms with Crippen LogP contribution in [0.5, 0.6) is 0 Å². The predicted octanol–water partition coefficient (Wildman–Crippen LogP) is 7.68. The number of Topliss-reactive ketones (excluding diaryl/α,β-unsaturated/α-hetero) is 1. The van der Waals surface area contributed by atoms with Crippen molar-refractivity contribution in [3.63, 3.8) is 0 Å². The molecule has 0 saturated heterocycles. The molecule has 4 rings (SSSR count). The largest absolute Gasteiger partial charge is 0.299 e. The molecular formula is C27H46O. The van der Waals surface area contributed by atoms with E-state index in [0.29, 0.717) is 16.6 Å². The SMILES string of the molecule is CC(C)C(=O)CCC(C)C1CCC2C3CCC4CCCCC4(C)C3CCC12C. The van der Waals surface area contributed by atoms with Gasteiger partial charge in [0.05, 0.1) is 0 Å². The molecule has 0 radical (unpaired) electrons. The second-order valence-corrected chi connectivity index (χ2v) is 12.3. The Morgan fingerprint density at radius 1 is 0.857 bits per heavy atom. The van der Waals surface area contributed by atoms with Crippen LogP contribution in [0.2, 0.25) is 0 Å². The second kappa shape index (κ2) is 7.73. The fourth-order valence-electron chi connectivity index (χ4n) is 9.13. The minimum atomic E-state index is 0.209. The minimum Gasteiger partial charge on any atom is -0.299 e. The molecule has 4 fully saturated rings. The van der Waals surface area contributed by atoms with Gasteiger partial charge in [-0.15, -0.1) is 0 Å². The van der Waals surface area contributed by atoms with Crippen LogP contribution < -0.4 is 0 Å². The quantitative estimate of drug-likeness (QED) is 0.473. The third kappa shape index (κ3) is 3.31. The molecule has 0 N–H and O–H groups in total. The Labute approximate surface area is 174 Å². The van der Waals surface area contributed by atoms with Gasteiger partial charge in [0.2, 0.25) is 0 Å². The molecule has 0 bridgehead atoms. The van der Waals surface area contributed by atoms with Gasteiger partial charge in [-0.2, -0.15) is 0 Å². The molecule has 1 nitrogen and oxygen atoms in total. The number of rotatable bonds is 5. The first-order chi connectivity index (χ1) is 13.3. The maximum atomic E-state index is 12.2. The van der Waals surface area contributed by atoms with E-state index in [9.17, 15) is 4.79 Å². The number of carbonyl (C=O) groups excluding carboxylic acids is 1. The van der Waals surface area contributed by atoms with Gasteiger partial charge in [0.1, 0.15) is 5.78 Å². The summed E-state index contributed by atoms with van der Waals surface area (Å²) in [6, 6.07) is 0. The Hall–Kier alpha value is -0.330. The average Bonchev–Trinajstić information content (AvgIpc) is 3.02. The average molecular weight is 387 g/mol. The van der Waals surface area contributed by atoms with Gasteiger partial charge in [-0.1, -0.05) is 47.5 Å². The fraction of sp³-hybridized carbons (Fsp3) is 0.963. The maximum absolute atomic E-state index is 12.2. The van der Waals surface area contributed by atoms with Crippen molar-refractivity contribution in [2.45, 2.75) is 112 Å². The fourth-order valence-corrected chi connectivity index (χ4v) is 9.13. The molecule has 0 amide bonds. The van der Waals surface area contributed by atoms with Gasteiger partial charge in [-0.05, 0) is 104 Å². The zero-order valence-corrected chi connectivity index (χ0v) is 19.4. The van der Waals surface area contributed by atoms with Gasteiger partial charge in [0.15, 0.2) is 0 Å². The highest BCUT2D eigenvalue weighted by Gasteiger charge is 2.60. The van der Waals surface area contributed by atoms with Crippen molar-refractivity contribution in [1.82, 2.24) is 0 Å². The summed E-state index contributed by atoms with van der Waals surface area (Å²) in [6.07, 6.45) is 16.9. The van der Waals surface area contributed by atoms with E-state index in [4.69, 9.17) is 0 Å². The van der Waals surface area contributed by atoms with Gasteiger partial charge in [-0.25, -0.2) is 0 Å². The van der Waals surface area contributed by atoms with Crippen molar-refractivity contribution in [2.75, 3.05) is 0 Å². The predicted molar refractivity (Wildman–Crippen MR) is 118 cm³/mol. The van der Waals surface area contributed by atoms with Crippen LogP contribution in [-0.4, -0.2) is 5.78 Å². The molecule has 1 heteroatoms. The molecule has 0 aromatic carbocycles. The normalized spacial score (nSPS) is 46.6. The molecule has 0 aromatic rings. The first-order valence-electron chi connectivity index (χ1n) is 12.8. The van der Waals surface area contributed by atoms with E-state index in [1.54, 1.807) is 0 Å². The summed E-state index contributed by atoms with van der Waals surface area (Å²) in [5.74, 6) is 6.28. The Bertz CT molecular complexity index is 579. The number of fused-ring (bicyclic) bond motifs is 5. The van der Waals surface area contributed by atoms with Crippen LogP contribution in [0, 0.1) is 52.3 Å². The second-order valence-electron chi connectivity index (χ2n) is 12.3. The zero-order valence-electron chi connectivity index (χ0n) is 19.4. The zero-order chi connectivity index (χ0) is 20.1. The molecule has 160 valence electrons. The molecule has 4 aliphatic rings. The number of hydrogen-bond acceptors (Lipinski definition) is 1. The molecule has 4 aliphatic carbocycles. The van der Waals surface area contributed by atoms with Gasteiger partial charge in [0.25, 0.3) is 0 Å². The minimum absolute atomic E-state index is 0.209. The lowest BCUT2D eigenvalue weighted by Gasteiger charge is -2.61. The highest BCUT2D eigenvalue weighted by atomic mass is 16.1. The van der Waals surface area contributed by atoms with E-state index >= 15 is 0 Å². The van der Waals surface area contributed by atoms with E-state index < -0.39 is 0 Å². The monoisotopic (exact) mass is 386 g/mol. The van der Waals surface area contributed by atoms with Crippen LogP contribution in [-0.2, 0) is 4.79 Å². The van der Waals surface area contributed by atoms with Crippen molar-refractivity contribution < 1.29 is 4.79 Å². The lowest BCUT2D eigenvalue weighted by molar-refractivity contribution is -0.123. The standard InChI is InChI=1S/C27H46O/c1-18(2)25(28)14-9-19(3)22-12-13-23-21-11-10-20-8-6-7-16-26(20,4)24(21)15-17-27(22,23)5/h18-24H,6-17H2,1-5H3. The van der Waals surface area contributed by atoms with Crippen molar-refractivity contribution >= 4 is 5.78 Å². The molecule has 4 saturated carbocycles. The van der Waals surface area contributed by atoms with Gasteiger partial charge in [0, 0.05) is 12.3 Å². The van der Waals surface area contributed by atoms with Crippen molar-refractivity contribution in [3.05, 3.63) is 0 Å². The molecule has 8 unspecified atom stereocenters. The molecule has 0 aliphatic heterocycles. The number of carbonyl (C=O) groups is 1. The smallest absolute Gasteiger partial charge is 0.135 e. The summed E-state index contributed by atoms with van der Waals surface area (Å²) in [5, 5.41) is 0. The summed E-state index contributed by atoms with van der Waals surface area (Å²) in [6.45, 7) is 12.0.